The summed E-state index contributed by atoms with van der Waals surface area (Å²) >= 11 is 7.44. The number of ether oxygens (including phenoxy) is 1. The predicted molar refractivity (Wildman–Crippen MR) is 89.6 cm³/mol. The van der Waals surface area contributed by atoms with E-state index in [1.807, 2.05) is 31.2 Å². The van der Waals surface area contributed by atoms with Crippen LogP contribution in [0.1, 0.15) is 16.1 Å². The van der Waals surface area contributed by atoms with E-state index in [0.29, 0.717) is 10.2 Å². The SMILES string of the molecule is COCC(N)C(=O)Nc1nc(C)c(Cc2cccc(Cl)c2)s1. The van der Waals surface area contributed by atoms with E-state index in [1.54, 1.807) is 0 Å². The van der Waals surface area contributed by atoms with E-state index in [2.05, 4.69) is 10.3 Å². The van der Waals surface area contributed by atoms with Crippen LogP contribution in [0.25, 0.3) is 0 Å². The molecule has 1 unspecified atom stereocenters. The highest BCUT2D eigenvalue weighted by atomic mass is 35.5. The molecule has 5 nitrogen and oxygen atoms in total. The molecular weight excluding hydrogens is 322 g/mol. The summed E-state index contributed by atoms with van der Waals surface area (Å²) in [7, 11) is 1.50. The number of thiazole rings is 1. The van der Waals surface area contributed by atoms with Gasteiger partial charge in [0, 0.05) is 23.4 Å². The summed E-state index contributed by atoms with van der Waals surface area (Å²) in [6.45, 7) is 2.09. The van der Waals surface area contributed by atoms with Crippen LogP contribution in [0.4, 0.5) is 5.13 Å². The summed E-state index contributed by atoms with van der Waals surface area (Å²) in [4.78, 5) is 17.3. The number of aromatic nitrogens is 1. The van der Waals surface area contributed by atoms with Crippen molar-refractivity contribution in [3.8, 4) is 0 Å². The number of amides is 1. The van der Waals surface area contributed by atoms with Crippen LogP contribution in [-0.4, -0.2) is 30.6 Å². The summed E-state index contributed by atoms with van der Waals surface area (Å²) in [6, 6.07) is 6.99. The van der Waals surface area contributed by atoms with Gasteiger partial charge in [-0.1, -0.05) is 23.7 Å². The lowest BCUT2D eigenvalue weighted by Gasteiger charge is -2.08. The number of anilines is 1. The number of carbonyl (C=O) groups is 1. The number of halogens is 1. The highest BCUT2D eigenvalue weighted by Crippen LogP contribution is 2.26. The van der Waals surface area contributed by atoms with Gasteiger partial charge in [0.2, 0.25) is 5.91 Å². The fraction of sp³-hybridized carbons (Fsp3) is 0.333. The Labute approximate surface area is 138 Å². The summed E-state index contributed by atoms with van der Waals surface area (Å²) in [5.74, 6) is -0.301. The second-order valence-corrected chi connectivity index (χ2v) is 6.41. The van der Waals surface area contributed by atoms with E-state index in [0.717, 1.165) is 22.6 Å². The van der Waals surface area contributed by atoms with Gasteiger partial charge in [-0.3, -0.25) is 4.79 Å². The van der Waals surface area contributed by atoms with Crippen LogP contribution in [0.2, 0.25) is 5.02 Å². The molecule has 7 heteroatoms. The van der Waals surface area contributed by atoms with Crippen LogP contribution in [-0.2, 0) is 16.0 Å². The van der Waals surface area contributed by atoms with Crippen molar-refractivity contribution in [2.75, 3.05) is 19.0 Å². The molecule has 1 aromatic carbocycles. The Balaban J connectivity index is 2.06. The number of carbonyl (C=O) groups excluding carboxylic acids is 1. The fourth-order valence-corrected chi connectivity index (χ4v) is 3.14. The standard InChI is InChI=1S/C15H18ClN3O2S/c1-9-13(7-10-4-3-5-11(16)6-10)22-15(18-9)19-14(20)12(17)8-21-2/h3-6,12H,7-8,17H2,1-2H3,(H,18,19,20). The average molecular weight is 340 g/mol. The number of nitrogens with zero attached hydrogens (tertiary/aromatic N) is 1. The number of nitrogens with one attached hydrogen (secondary N) is 1. The van der Waals surface area contributed by atoms with Gasteiger partial charge in [0.15, 0.2) is 5.13 Å². The zero-order chi connectivity index (χ0) is 16.1. The Morgan fingerprint density at radius 1 is 1.55 bits per heavy atom. The molecule has 0 aliphatic rings. The number of hydrogen-bond acceptors (Lipinski definition) is 5. The molecule has 0 bridgehead atoms. The molecule has 0 aliphatic carbocycles. The summed E-state index contributed by atoms with van der Waals surface area (Å²) in [6.07, 6.45) is 0.726. The van der Waals surface area contributed by atoms with Gasteiger partial charge in [0.25, 0.3) is 0 Å². The van der Waals surface area contributed by atoms with Crippen molar-refractivity contribution in [1.82, 2.24) is 4.98 Å². The molecule has 1 amide bonds. The van der Waals surface area contributed by atoms with E-state index in [4.69, 9.17) is 22.1 Å². The van der Waals surface area contributed by atoms with Gasteiger partial charge in [-0.05, 0) is 24.6 Å². The topological polar surface area (TPSA) is 77.2 Å². The molecule has 2 aromatic rings. The van der Waals surface area contributed by atoms with Crippen LogP contribution in [0.3, 0.4) is 0 Å². The van der Waals surface area contributed by atoms with Gasteiger partial charge in [-0.25, -0.2) is 4.98 Å². The third-order valence-corrected chi connectivity index (χ3v) is 4.37. The summed E-state index contributed by atoms with van der Waals surface area (Å²) in [5, 5.41) is 3.98. The smallest absolute Gasteiger partial charge is 0.245 e. The van der Waals surface area contributed by atoms with Gasteiger partial charge in [0.05, 0.1) is 12.3 Å². The first-order chi connectivity index (χ1) is 10.5. The monoisotopic (exact) mass is 339 g/mol. The van der Waals surface area contributed by atoms with Crippen molar-refractivity contribution in [2.24, 2.45) is 5.73 Å². The van der Waals surface area contributed by atoms with Crippen LogP contribution < -0.4 is 11.1 Å². The minimum absolute atomic E-state index is 0.172. The predicted octanol–water partition coefficient (Wildman–Crippen LogP) is 2.61. The molecule has 0 saturated heterocycles. The van der Waals surface area contributed by atoms with Crippen molar-refractivity contribution in [2.45, 2.75) is 19.4 Å². The molecule has 1 heterocycles. The minimum atomic E-state index is -0.703. The Morgan fingerprint density at radius 3 is 3.00 bits per heavy atom. The Bertz CT molecular complexity index is 660. The highest BCUT2D eigenvalue weighted by Gasteiger charge is 2.16. The van der Waals surface area contributed by atoms with Gasteiger partial charge < -0.3 is 15.8 Å². The van der Waals surface area contributed by atoms with Crippen LogP contribution >= 0.6 is 22.9 Å². The van der Waals surface area contributed by atoms with Crippen molar-refractivity contribution < 1.29 is 9.53 Å². The average Bonchev–Trinajstić information content (AvgIpc) is 2.79. The van der Waals surface area contributed by atoms with Gasteiger partial charge in [0.1, 0.15) is 6.04 Å². The van der Waals surface area contributed by atoms with Crippen LogP contribution in [0, 0.1) is 6.92 Å². The maximum Gasteiger partial charge on any atom is 0.245 e. The van der Waals surface area contributed by atoms with E-state index in [1.165, 1.54) is 18.4 Å². The number of rotatable bonds is 6. The Hall–Kier alpha value is -1.47. The summed E-state index contributed by atoms with van der Waals surface area (Å²) in [5.41, 5.74) is 7.68. The molecule has 2 rings (SSSR count). The molecule has 1 aromatic heterocycles. The molecule has 0 saturated carbocycles. The third kappa shape index (κ3) is 4.51. The first-order valence-corrected chi connectivity index (χ1v) is 7.95. The molecule has 3 N–H and O–H groups in total. The van der Waals surface area contributed by atoms with Gasteiger partial charge in [-0.15, -0.1) is 11.3 Å². The van der Waals surface area contributed by atoms with Gasteiger partial charge in [-0.2, -0.15) is 0 Å². The van der Waals surface area contributed by atoms with Crippen molar-refractivity contribution in [3.63, 3.8) is 0 Å². The molecule has 0 fully saturated rings. The molecule has 1 atom stereocenters. The van der Waals surface area contributed by atoms with E-state index in [-0.39, 0.29) is 12.5 Å². The number of methoxy groups -OCH3 is 1. The largest absolute Gasteiger partial charge is 0.383 e. The highest BCUT2D eigenvalue weighted by molar-refractivity contribution is 7.15. The van der Waals surface area contributed by atoms with Crippen molar-refractivity contribution >= 4 is 34.0 Å². The molecular formula is C15H18ClN3O2S. The molecule has 22 heavy (non-hydrogen) atoms. The molecule has 118 valence electrons. The summed E-state index contributed by atoms with van der Waals surface area (Å²) < 4.78 is 4.87. The Kier molecular flexibility index (Phi) is 5.90. The maximum atomic E-state index is 11.9. The number of nitrogens with two attached hydrogens (primary N) is 1. The fourth-order valence-electron chi connectivity index (χ4n) is 1.93. The quantitative estimate of drug-likeness (QED) is 0.848. The number of benzene rings is 1. The van der Waals surface area contributed by atoms with Crippen molar-refractivity contribution in [3.05, 3.63) is 45.4 Å². The lowest BCUT2D eigenvalue weighted by molar-refractivity contribution is -0.118. The zero-order valence-electron chi connectivity index (χ0n) is 12.4. The lowest BCUT2D eigenvalue weighted by Crippen LogP contribution is -2.39. The first-order valence-electron chi connectivity index (χ1n) is 6.75. The minimum Gasteiger partial charge on any atom is -0.383 e. The second kappa shape index (κ2) is 7.69. The first kappa shape index (κ1) is 16.9. The van der Waals surface area contributed by atoms with E-state index >= 15 is 0 Å². The third-order valence-electron chi connectivity index (χ3n) is 3.06. The van der Waals surface area contributed by atoms with Gasteiger partial charge >= 0.3 is 0 Å². The van der Waals surface area contributed by atoms with E-state index < -0.39 is 6.04 Å². The molecule has 0 radical (unpaired) electrons. The normalized spacial score (nSPS) is 12.2. The maximum absolute atomic E-state index is 11.9. The van der Waals surface area contributed by atoms with Crippen molar-refractivity contribution in [1.29, 1.82) is 0 Å². The second-order valence-electron chi connectivity index (χ2n) is 4.89. The number of aryl methyl sites for hydroxylation is 1. The van der Waals surface area contributed by atoms with Crippen LogP contribution in [0.5, 0.6) is 0 Å². The molecule has 0 spiro atoms. The molecule has 0 aliphatic heterocycles. The van der Waals surface area contributed by atoms with Crippen LogP contribution in [0.15, 0.2) is 24.3 Å². The Morgan fingerprint density at radius 2 is 2.32 bits per heavy atom. The lowest BCUT2D eigenvalue weighted by atomic mass is 10.1. The zero-order valence-corrected chi connectivity index (χ0v) is 14.0. The van der Waals surface area contributed by atoms with E-state index in [9.17, 15) is 4.79 Å². The number of hydrogen-bond donors (Lipinski definition) is 2.